The summed E-state index contributed by atoms with van der Waals surface area (Å²) in [6.45, 7) is 2.04. The van der Waals surface area contributed by atoms with Crippen LogP contribution >= 0.6 is 0 Å². The fraction of sp³-hybridized carbons (Fsp3) is 0.0345. The summed E-state index contributed by atoms with van der Waals surface area (Å²) in [5, 5.41) is 9.48. The van der Waals surface area contributed by atoms with Gasteiger partial charge in [-0.25, -0.2) is 19.3 Å². The minimum Gasteiger partial charge on any atom is -0.292 e. The van der Waals surface area contributed by atoms with Crippen LogP contribution in [0.15, 0.2) is 110 Å². The Labute approximate surface area is 206 Å². The predicted octanol–water partition coefficient (Wildman–Crippen LogP) is 5.90. The average molecular weight is 468 g/mol. The molecule has 0 saturated heterocycles. The molecule has 7 heteroatoms. The van der Waals surface area contributed by atoms with Crippen LogP contribution in [0.2, 0.25) is 0 Å². The first kappa shape index (κ1) is 20.3. The van der Waals surface area contributed by atoms with Crippen molar-refractivity contribution in [2.24, 2.45) is 0 Å². The topological polar surface area (TPSA) is 65.8 Å². The first-order valence-corrected chi connectivity index (χ1v) is 11.7. The summed E-state index contributed by atoms with van der Waals surface area (Å²) in [6, 6.07) is 33.1. The third-order valence-corrected chi connectivity index (χ3v) is 6.44. The highest BCUT2D eigenvalue weighted by atomic mass is 15.4. The van der Waals surface area contributed by atoms with Crippen molar-refractivity contribution >= 4 is 16.7 Å². The number of aryl methyl sites for hydroxylation is 1. The average Bonchev–Trinajstić information content (AvgIpc) is 3.66. The maximum atomic E-state index is 4.98. The molecular formula is C29H21N7. The van der Waals surface area contributed by atoms with Crippen molar-refractivity contribution in [1.82, 2.24) is 33.9 Å². The molecule has 7 aromatic rings. The van der Waals surface area contributed by atoms with Gasteiger partial charge in [0.1, 0.15) is 18.3 Å². The van der Waals surface area contributed by atoms with Crippen LogP contribution in [0.3, 0.4) is 0 Å². The molecule has 0 aliphatic heterocycles. The van der Waals surface area contributed by atoms with Crippen LogP contribution in [0, 0.1) is 6.92 Å². The smallest absolute Gasteiger partial charge is 0.168 e. The van der Waals surface area contributed by atoms with E-state index in [1.165, 1.54) is 0 Å². The van der Waals surface area contributed by atoms with E-state index in [1.54, 1.807) is 17.3 Å². The van der Waals surface area contributed by atoms with E-state index in [4.69, 9.17) is 10.1 Å². The van der Waals surface area contributed by atoms with E-state index in [0.29, 0.717) is 0 Å². The summed E-state index contributed by atoms with van der Waals surface area (Å²) in [5.41, 5.74) is 8.87. The van der Waals surface area contributed by atoms with Crippen molar-refractivity contribution in [3.8, 4) is 33.9 Å². The number of hydrogen-bond donors (Lipinski definition) is 0. The van der Waals surface area contributed by atoms with Gasteiger partial charge in [0, 0.05) is 0 Å². The Kier molecular flexibility index (Phi) is 4.53. The molecule has 0 saturated carbocycles. The van der Waals surface area contributed by atoms with E-state index in [-0.39, 0.29) is 0 Å². The summed E-state index contributed by atoms with van der Waals surface area (Å²) in [6.07, 6.45) is 3.26. The lowest BCUT2D eigenvalue weighted by molar-refractivity contribution is 0.760. The first-order chi connectivity index (χ1) is 17.8. The maximum Gasteiger partial charge on any atom is 0.168 e. The highest BCUT2D eigenvalue weighted by molar-refractivity contribution is 5.88. The third-order valence-electron chi connectivity index (χ3n) is 6.44. The molecule has 0 bridgehead atoms. The van der Waals surface area contributed by atoms with Crippen molar-refractivity contribution in [3.05, 3.63) is 115 Å². The summed E-state index contributed by atoms with van der Waals surface area (Å²) in [7, 11) is 0. The number of para-hydroxylation sites is 3. The van der Waals surface area contributed by atoms with Gasteiger partial charge in [0.15, 0.2) is 5.82 Å². The molecule has 0 atom stereocenters. The zero-order valence-corrected chi connectivity index (χ0v) is 19.5. The number of pyridine rings is 1. The van der Waals surface area contributed by atoms with Crippen molar-refractivity contribution in [2.75, 3.05) is 0 Å². The minimum atomic E-state index is 0.820. The Balaban J connectivity index is 1.62. The van der Waals surface area contributed by atoms with E-state index < -0.39 is 0 Å². The van der Waals surface area contributed by atoms with Gasteiger partial charge < -0.3 is 0 Å². The molecule has 4 aromatic heterocycles. The second-order valence-electron chi connectivity index (χ2n) is 8.66. The van der Waals surface area contributed by atoms with Crippen LogP contribution in [-0.4, -0.2) is 33.9 Å². The summed E-state index contributed by atoms with van der Waals surface area (Å²) >= 11 is 0. The van der Waals surface area contributed by atoms with Crippen LogP contribution in [0.5, 0.6) is 0 Å². The van der Waals surface area contributed by atoms with Gasteiger partial charge in [0.05, 0.1) is 33.7 Å². The predicted molar refractivity (Wildman–Crippen MR) is 140 cm³/mol. The summed E-state index contributed by atoms with van der Waals surface area (Å²) in [5.74, 6) is 0.820. The highest BCUT2D eigenvalue weighted by Crippen LogP contribution is 2.36. The van der Waals surface area contributed by atoms with Gasteiger partial charge in [0.25, 0.3) is 0 Å². The second kappa shape index (κ2) is 8.02. The Morgan fingerprint density at radius 1 is 0.750 bits per heavy atom. The van der Waals surface area contributed by atoms with Crippen molar-refractivity contribution in [1.29, 1.82) is 0 Å². The molecule has 0 N–H and O–H groups in total. The van der Waals surface area contributed by atoms with Gasteiger partial charge in [-0.2, -0.15) is 10.2 Å². The van der Waals surface area contributed by atoms with Crippen molar-refractivity contribution < 1.29 is 0 Å². The number of fused-ring (bicyclic) bond motifs is 3. The Morgan fingerprint density at radius 2 is 1.50 bits per heavy atom. The van der Waals surface area contributed by atoms with E-state index in [0.717, 1.165) is 56.3 Å². The first-order valence-electron chi connectivity index (χ1n) is 11.7. The molecular weight excluding hydrogens is 446 g/mol. The van der Waals surface area contributed by atoms with Crippen molar-refractivity contribution in [2.45, 2.75) is 6.92 Å². The van der Waals surface area contributed by atoms with Gasteiger partial charge in [-0.1, -0.05) is 60.7 Å². The molecule has 172 valence electrons. The minimum absolute atomic E-state index is 0.820. The number of hydrogen-bond acceptors (Lipinski definition) is 4. The van der Waals surface area contributed by atoms with Gasteiger partial charge in [-0.15, -0.1) is 0 Å². The Bertz CT molecular complexity index is 1830. The number of imidazole rings is 1. The molecule has 0 aliphatic carbocycles. The SMILES string of the molecule is Cc1nn(-c2ccccc2)c(-n2cncn2)c1-c1cc(-c2ccccc2)cc2nc3ccccc3n12. The van der Waals surface area contributed by atoms with Gasteiger partial charge in [0.2, 0.25) is 0 Å². The maximum absolute atomic E-state index is 4.98. The molecule has 7 rings (SSSR count). The number of aromatic nitrogens is 7. The highest BCUT2D eigenvalue weighted by Gasteiger charge is 2.24. The van der Waals surface area contributed by atoms with E-state index in [1.807, 2.05) is 66.2 Å². The fourth-order valence-electron chi connectivity index (χ4n) is 4.86. The summed E-state index contributed by atoms with van der Waals surface area (Å²) in [4.78, 5) is 9.21. The number of nitrogens with zero attached hydrogens (tertiary/aromatic N) is 7. The van der Waals surface area contributed by atoms with Crippen LogP contribution in [0.25, 0.3) is 50.6 Å². The monoisotopic (exact) mass is 467 g/mol. The number of rotatable bonds is 4. The standard InChI is InChI=1S/C29H21N7/c1-20-28(29(34-19-30-18-31-34)36(33-20)23-12-6-3-7-13-23)26-16-22(21-10-4-2-5-11-21)17-27-32-24-14-8-9-15-25(24)35(26)27/h2-19H,1H3. The molecule has 0 aliphatic rings. The lowest BCUT2D eigenvalue weighted by Crippen LogP contribution is -2.07. The quantitative estimate of drug-likeness (QED) is 0.323. The van der Waals surface area contributed by atoms with Crippen LogP contribution in [-0.2, 0) is 0 Å². The van der Waals surface area contributed by atoms with E-state index >= 15 is 0 Å². The summed E-state index contributed by atoms with van der Waals surface area (Å²) < 4.78 is 5.92. The molecule has 4 heterocycles. The number of benzene rings is 3. The van der Waals surface area contributed by atoms with E-state index in [9.17, 15) is 0 Å². The molecule has 36 heavy (non-hydrogen) atoms. The zero-order valence-electron chi connectivity index (χ0n) is 19.5. The lowest BCUT2D eigenvalue weighted by atomic mass is 10.0. The molecule has 3 aromatic carbocycles. The van der Waals surface area contributed by atoms with E-state index in [2.05, 4.69) is 56.9 Å². The third kappa shape index (κ3) is 3.14. The Morgan fingerprint density at radius 3 is 2.28 bits per heavy atom. The van der Waals surface area contributed by atoms with Crippen LogP contribution < -0.4 is 0 Å². The largest absolute Gasteiger partial charge is 0.292 e. The Hall–Kier alpha value is -5.04. The van der Waals surface area contributed by atoms with Crippen LogP contribution in [0.4, 0.5) is 0 Å². The van der Waals surface area contributed by atoms with Crippen molar-refractivity contribution in [3.63, 3.8) is 0 Å². The molecule has 0 unspecified atom stereocenters. The van der Waals surface area contributed by atoms with Gasteiger partial charge >= 0.3 is 0 Å². The molecule has 0 radical (unpaired) electrons. The van der Waals surface area contributed by atoms with Gasteiger partial charge in [-0.3, -0.25) is 4.40 Å². The molecule has 0 fully saturated rings. The molecule has 0 amide bonds. The second-order valence-corrected chi connectivity index (χ2v) is 8.66. The molecule has 0 spiro atoms. The lowest BCUT2D eigenvalue weighted by Gasteiger charge is -2.13. The molecule has 7 nitrogen and oxygen atoms in total. The fourth-order valence-corrected chi connectivity index (χ4v) is 4.86. The normalized spacial score (nSPS) is 11.5. The zero-order chi connectivity index (χ0) is 24.1. The van der Waals surface area contributed by atoms with Gasteiger partial charge in [-0.05, 0) is 54.4 Å². The van der Waals surface area contributed by atoms with Crippen LogP contribution in [0.1, 0.15) is 5.69 Å².